The van der Waals surface area contributed by atoms with Crippen molar-refractivity contribution in [3.8, 4) is 23.6 Å². The molecule has 0 saturated carbocycles. The molecule has 0 saturated heterocycles. The Bertz CT molecular complexity index is 1050. The Morgan fingerprint density at radius 1 is 1.08 bits per heavy atom. The zero-order chi connectivity index (χ0) is 18.7. The van der Waals surface area contributed by atoms with Gasteiger partial charge in [-0.15, -0.1) is 0 Å². The molecule has 2 aromatic carbocycles. The van der Waals surface area contributed by atoms with Gasteiger partial charge < -0.3 is 10.5 Å². The summed E-state index contributed by atoms with van der Waals surface area (Å²) in [4.78, 5) is 12.8. The molecule has 0 aliphatic rings. The van der Waals surface area contributed by atoms with Crippen LogP contribution >= 0.6 is 0 Å². The average Bonchev–Trinajstić information content (AvgIpc) is 3.03. The van der Waals surface area contributed by atoms with Crippen molar-refractivity contribution in [3.63, 3.8) is 0 Å². The largest absolute Gasteiger partial charge is 0.497 e. The van der Waals surface area contributed by atoms with Crippen LogP contribution in [0.4, 0.5) is 5.82 Å². The highest BCUT2D eigenvalue weighted by Crippen LogP contribution is 2.23. The minimum absolute atomic E-state index is 0.00942. The highest BCUT2D eigenvalue weighted by Gasteiger charge is 2.23. The molecule has 0 unspecified atom stereocenters. The first-order valence-electron chi connectivity index (χ1n) is 7.57. The molecule has 0 atom stereocenters. The molecule has 0 amide bonds. The van der Waals surface area contributed by atoms with E-state index in [4.69, 9.17) is 15.7 Å². The molecular weight excluding hydrogens is 330 g/mol. The van der Waals surface area contributed by atoms with Gasteiger partial charge in [-0.3, -0.25) is 4.79 Å². The number of nitriles is 2. The van der Waals surface area contributed by atoms with Gasteiger partial charge in [-0.25, -0.2) is 4.68 Å². The van der Waals surface area contributed by atoms with Gasteiger partial charge in [-0.05, 0) is 48.5 Å². The molecule has 26 heavy (non-hydrogen) atoms. The van der Waals surface area contributed by atoms with Crippen molar-refractivity contribution in [2.75, 3.05) is 12.8 Å². The number of nitrogens with zero attached hydrogens (tertiary/aromatic N) is 4. The van der Waals surface area contributed by atoms with Crippen LogP contribution in [0.2, 0.25) is 0 Å². The Labute approximate surface area is 149 Å². The van der Waals surface area contributed by atoms with Crippen LogP contribution in [0.1, 0.15) is 27.2 Å². The second kappa shape index (κ2) is 6.80. The predicted octanol–water partition coefficient (Wildman–Crippen LogP) is 2.44. The third-order valence-electron chi connectivity index (χ3n) is 3.84. The second-order valence-corrected chi connectivity index (χ2v) is 5.35. The molecule has 7 nitrogen and oxygen atoms in total. The van der Waals surface area contributed by atoms with Gasteiger partial charge in [0.05, 0.1) is 24.4 Å². The second-order valence-electron chi connectivity index (χ2n) is 5.35. The molecule has 3 aromatic rings. The summed E-state index contributed by atoms with van der Waals surface area (Å²) in [6, 6.07) is 17.0. The Hall–Kier alpha value is -4.10. The van der Waals surface area contributed by atoms with Crippen molar-refractivity contribution in [1.82, 2.24) is 9.78 Å². The molecular formula is C19H13N5O2. The molecule has 0 bridgehead atoms. The molecule has 0 fully saturated rings. The van der Waals surface area contributed by atoms with Gasteiger partial charge in [-0.2, -0.15) is 15.6 Å². The summed E-state index contributed by atoms with van der Waals surface area (Å²) in [6.45, 7) is 0. The summed E-state index contributed by atoms with van der Waals surface area (Å²) in [5.41, 5.74) is 7.40. The number of ketones is 1. The first-order chi connectivity index (χ1) is 12.6. The van der Waals surface area contributed by atoms with Gasteiger partial charge >= 0.3 is 0 Å². The van der Waals surface area contributed by atoms with E-state index in [1.54, 1.807) is 48.5 Å². The van der Waals surface area contributed by atoms with Crippen LogP contribution in [-0.4, -0.2) is 22.7 Å². The van der Waals surface area contributed by atoms with Crippen molar-refractivity contribution in [2.24, 2.45) is 0 Å². The van der Waals surface area contributed by atoms with Crippen molar-refractivity contribution < 1.29 is 9.53 Å². The third-order valence-corrected chi connectivity index (χ3v) is 3.84. The molecule has 1 heterocycles. The standard InChI is InChI=1S/C19H13N5O2/c1-26-15-8-4-13(5-9-15)18(25)17-16(11-21)19(22)24(23-17)14-6-2-12(10-20)3-7-14/h2-9H,22H2,1H3. The van der Waals surface area contributed by atoms with E-state index in [2.05, 4.69) is 5.10 Å². The van der Waals surface area contributed by atoms with Crippen molar-refractivity contribution >= 4 is 11.6 Å². The number of rotatable bonds is 4. The Balaban J connectivity index is 2.06. The van der Waals surface area contributed by atoms with Gasteiger partial charge in [0.1, 0.15) is 23.2 Å². The Morgan fingerprint density at radius 3 is 2.27 bits per heavy atom. The fourth-order valence-electron chi connectivity index (χ4n) is 2.45. The minimum atomic E-state index is -0.414. The van der Waals surface area contributed by atoms with E-state index >= 15 is 0 Å². The number of anilines is 1. The Kier molecular flexibility index (Phi) is 4.38. The third kappa shape index (κ3) is 2.85. The maximum absolute atomic E-state index is 12.8. The fourth-order valence-corrected chi connectivity index (χ4v) is 2.45. The van der Waals surface area contributed by atoms with Gasteiger partial charge in [0.2, 0.25) is 5.78 Å². The number of methoxy groups -OCH3 is 1. The zero-order valence-electron chi connectivity index (χ0n) is 13.8. The minimum Gasteiger partial charge on any atom is -0.497 e. The van der Waals surface area contributed by atoms with Crippen LogP contribution in [0.15, 0.2) is 48.5 Å². The van der Waals surface area contributed by atoms with E-state index in [-0.39, 0.29) is 17.1 Å². The van der Waals surface area contributed by atoms with Gasteiger partial charge in [0.15, 0.2) is 5.69 Å². The molecule has 0 radical (unpaired) electrons. The van der Waals surface area contributed by atoms with E-state index < -0.39 is 5.78 Å². The van der Waals surface area contributed by atoms with Crippen LogP contribution in [0.25, 0.3) is 5.69 Å². The summed E-state index contributed by atoms with van der Waals surface area (Å²) in [7, 11) is 1.53. The van der Waals surface area contributed by atoms with Crippen molar-refractivity contribution in [2.45, 2.75) is 0 Å². The molecule has 2 N–H and O–H groups in total. The molecule has 0 aliphatic heterocycles. The summed E-state index contributed by atoms with van der Waals surface area (Å²) in [6.07, 6.45) is 0. The first kappa shape index (κ1) is 16.7. The number of nitrogens with two attached hydrogens (primary N) is 1. The first-order valence-corrected chi connectivity index (χ1v) is 7.57. The summed E-state index contributed by atoms with van der Waals surface area (Å²) in [5.74, 6) is 0.266. The Morgan fingerprint density at radius 2 is 1.73 bits per heavy atom. The summed E-state index contributed by atoms with van der Waals surface area (Å²) in [5, 5.41) is 22.5. The van der Waals surface area contributed by atoms with Gasteiger partial charge in [0.25, 0.3) is 0 Å². The number of aromatic nitrogens is 2. The molecule has 3 rings (SSSR count). The number of nitrogen functional groups attached to an aromatic ring is 1. The van der Waals surface area contributed by atoms with Gasteiger partial charge in [0, 0.05) is 5.56 Å². The number of carbonyl (C=O) groups is 1. The monoisotopic (exact) mass is 343 g/mol. The number of ether oxygens (including phenoxy) is 1. The highest BCUT2D eigenvalue weighted by atomic mass is 16.5. The molecule has 0 aliphatic carbocycles. The van der Waals surface area contributed by atoms with Crippen molar-refractivity contribution in [1.29, 1.82) is 10.5 Å². The number of hydrogen-bond donors (Lipinski definition) is 1. The molecule has 1 aromatic heterocycles. The van der Waals surface area contributed by atoms with Crippen LogP contribution < -0.4 is 10.5 Å². The SMILES string of the molecule is COc1ccc(C(=O)c2nn(-c3ccc(C#N)cc3)c(N)c2C#N)cc1. The summed E-state index contributed by atoms with van der Waals surface area (Å²) < 4.78 is 6.39. The predicted molar refractivity (Wildman–Crippen MR) is 93.8 cm³/mol. The van der Waals surface area contributed by atoms with E-state index in [1.165, 1.54) is 11.8 Å². The lowest BCUT2D eigenvalue weighted by Gasteiger charge is -2.03. The maximum Gasteiger partial charge on any atom is 0.214 e. The zero-order valence-corrected chi connectivity index (χ0v) is 13.8. The maximum atomic E-state index is 12.8. The van der Waals surface area contributed by atoms with Crippen molar-refractivity contribution in [3.05, 3.63) is 70.9 Å². The quantitative estimate of drug-likeness (QED) is 0.727. The summed E-state index contributed by atoms with van der Waals surface area (Å²) >= 11 is 0. The van der Waals surface area contributed by atoms with E-state index in [1.807, 2.05) is 12.1 Å². The number of benzene rings is 2. The smallest absolute Gasteiger partial charge is 0.214 e. The lowest BCUT2D eigenvalue weighted by atomic mass is 10.1. The lowest BCUT2D eigenvalue weighted by Crippen LogP contribution is -2.05. The number of hydrogen-bond acceptors (Lipinski definition) is 6. The van der Waals surface area contributed by atoms with Crippen LogP contribution in [0, 0.1) is 22.7 Å². The molecule has 0 spiro atoms. The molecule has 7 heteroatoms. The van der Waals surface area contributed by atoms with E-state index in [0.29, 0.717) is 22.6 Å². The van der Waals surface area contributed by atoms with Crippen LogP contribution in [0.3, 0.4) is 0 Å². The highest BCUT2D eigenvalue weighted by molar-refractivity contribution is 6.10. The fraction of sp³-hybridized carbons (Fsp3) is 0.0526. The average molecular weight is 343 g/mol. The van der Waals surface area contributed by atoms with Crippen LogP contribution in [-0.2, 0) is 0 Å². The van der Waals surface area contributed by atoms with Crippen LogP contribution in [0.5, 0.6) is 5.75 Å². The van der Waals surface area contributed by atoms with Gasteiger partial charge in [-0.1, -0.05) is 0 Å². The molecule has 126 valence electrons. The normalized spacial score (nSPS) is 9.96. The lowest BCUT2D eigenvalue weighted by molar-refractivity contribution is 0.103. The van der Waals surface area contributed by atoms with E-state index in [0.717, 1.165) is 0 Å². The topological polar surface area (TPSA) is 118 Å². The van der Waals surface area contributed by atoms with E-state index in [9.17, 15) is 10.1 Å². The number of carbonyl (C=O) groups excluding carboxylic acids is 1.